The van der Waals surface area contributed by atoms with Gasteiger partial charge in [-0.1, -0.05) is 12.1 Å². The standard InChI is InChI=1S/C24H28N4O5/c1-15-11-17-12-20(31-3)21(32-4)13-19(17)23(26-28(15)24(30)25-2)16-5-7-18(8-6-16)27-9-10-33-14-22(27)29/h5-8,12-13,15H,9-11,14H2,1-4H3,(H,25,30)/t15-/m0/s1. The molecule has 1 atom stereocenters. The number of urea groups is 1. The summed E-state index contributed by atoms with van der Waals surface area (Å²) in [5.74, 6) is 1.14. The number of carbonyl (C=O) groups is 2. The van der Waals surface area contributed by atoms with E-state index in [9.17, 15) is 9.59 Å². The summed E-state index contributed by atoms with van der Waals surface area (Å²) in [7, 11) is 4.77. The molecule has 0 radical (unpaired) electrons. The second-order valence-electron chi connectivity index (χ2n) is 7.91. The summed E-state index contributed by atoms with van der Waals surface area (Å²) in [5, 5.41) is 8.90. The maximum Gasteiger partial charge on any atom is 0.337 e. The topological polar surface area (TPSA) is 92.7 Å². The number of rotatable bonds is 4. The molecule has 9 nitrogen and oxygen atoms in total. The number of fused-ring (bicyclic) bond motifs is 1. The normalized spacial score (nSPS) is 18.2. The molecule has 3 amide bonds. The molecule has 1 fully saturated rings. The average Bonchev–Trinajstić information content (AvgIpc) is 2.98. The van der Waals surface area contributed by atoms with Gasteiger partial charge in [0.25, 0.3) is 5.91 Å². The van der Waals surface area contributed by atoms with Gasteiger partial charge in [0.1, 0.15) is 6.61 Å². The summed E-state index contributed by atoms with van der Waals surface area (Å²) in [4.78, 5) is 26.5. The highest BCUT2D eigenvalue weighted by Crippen LogP contribution is 2.35. The Labute approximate surface area is 192 Å². The Bertz CT molecular complexity index is 1080. The van der Waals surface area contributed by atoms with Crippen LogP contribution in [0.1, 0.15) is 23.6 Å². The quantitative estimate of drug-likeness (QED) is 0.769. The second-order valence-corrected chi connectivity index (χ2v) is 7.91. The van der Waals surface area contributed by atoms with E-state index in [1.807, 2.05) is 43.3 Å². The van der Waals surface area contributed by atoms with Gasteiger partial charge in [-0.25, -0.2) is 9.80 Å². The number of nitrogens with zero attached hydrogens (tertiary/aromatic N) is 3. The van der Waals surface area contributed by atoms with Crippen molar-refractivity contribution in [2.75, 3.05) is 45.9 Å². The van der Waals surface area contributed by atoms with E-state index in [4.69, 9.17) is 19.3 Å². The molecule has 0 bridgehead atoms. The van der Waals surface area contributed by atoms with Gasteiger partial charge >= 0.3 is 6.03 Å². The van der Waals surface area contributed by atoms with Gasteiger partial charge in [0.2, 0.25) is 0 Å². The molecule has 174 valence electrons. The molecule has 0 aliphatic carbocycles. The van der Waals surface area contributed by atoms with E-state index in [1.165, 1.54) is 5.01 Å². The first-order valence-corrected chi connectivity index (χ1v) is 10.8. The predicted molar refractivity (Wildman–Crippen MR) is 124 cm³/mol. The van der Waals surface area contributed by atoms with Gasteiger partial charge in [0.15, 0.2) is 11.5 Å². The van der Waals surface area contributed by atoms with Crippen LogP contribution in [-0.2, 0) is 16.0 Å². The van der Waals surface area contributed by atoms with Crippen molar-refractivity contribution in [2.24, 2.45) is 5.10 Å². The Morgan fingerprint density at radius 3 is 2.48 bits per heavy atom. The molecule has 2 aliphatic heterocycles. The summed E-state index contributed by atoms with van der Waals surface area (Å²) in [5.41, 5.74) is 4.11. The van der Waals surface area contributed by atoms with Crippen LogP contribution < -0.4 is 19.7 Å². The zero-order chi connectivity index (χ0) is 23.5. The monoisotopic (exact) mass is 452 g/mol. The third-order valence-electron chi connectivity index (χ3n) is 5.87. The van der Waals surface area contributed by atoms with Crippen LogP contribution in [0.25, 0.3) is 0 Å². The van der Waals surface area contributed by atoms with Gasteiger partial charge in [0, 0.05) is 30.4 Å². The number of hydrogen-bond acceptors (Lipinski definition) is 6. The third-order valence-corrected chi connectivity index (χ3v) is 5.87. The highest BCUT2D eigenvalue weighted by Gasteiger charge is 2.28. The van der Waals surface area contributed by atoms with E-state index >= 15 is 0 Å². The lowest BCUT2D eigenvalue weighted by molar-refractivity contribution is -0.125. The highest BCUT2D eigenvalue weighted by atomic mass is 16.5. The van der Waals surface area contributed by atoms with Crippen LogP contribution >= 0.6 is 0 Å². The fraction of sp³-hybridized carbons (Fsp3) is 0.375. The SMILES string of the molecule is CNC(=O)N1N=C(c2ccc(N3CCOCC3=O)cc2)c2cc(OC)c(OC)cc2C[C@@H]1C. The largest absolute Gasteiger partial charge is 0.493 e. The third kappa shape index (κ3) is 4.36. The number of hydrogen-bond donors (Lipinski definition) is 1. The number of benzene rings is 2. The molecule has 2 aromatic carbocycles. The minimum absolute atomic E-state index is 0.0670. The highest BCUT2D eigenvalue weighted by molar-refractivity contribution is 6.14. The summed E-state index contributed by atoms with van der Waals surface area (Å²) < 4.78 is 16.3. The van der Waals surface area contributed by atoms with Crippen molar-refractivity contribution in [3.63, 3.8) is 0 Å². The first-order chi connectivity index (χ1) is 16.0. The summed E-state index contributed by atoms with van der Waals surface area (Å²) >= 11 is 0. The number of morpholine rings is 1. The van der Waals surface area contributed by atoms with Crippen molar-refractivity contribution in [3.05, 3.63) is 53.1 Å². The van der Waals surface area contributed by atoms with Crippen LogP contribution in [0.4, 0.5) is 10.5 Å². The van der Waals surface area contributed by atoms with Gasteiger partial charge in [-0.2, -0.15) is 5.10 Å². The molecular formula is C24H28N4O5. The van der Waals surface area contributed by atoms with Crippen LogP contribution in [-0.4, -0.2) is 69.7 Å². The number of methoxy groups -OCH3 is 2. The van der Waals surface area contributed by atoms with Gasteiger partial charge < -0.3 is 24.4 Å². The Morgan fingerprint density at radius 2 is 1.85 bits per heavy atom. The van der Waals surface area contributed by atoms with Gasteiger partial charge in [-0.3, -0.25) is 4.79 Å². The molecule has 0 saturated carbocycles. The molecule has 1 saturated heterocycles. The number of amides is 3. The molecule has 2 aromatic rings. The number of anilines is 1. The van der Waals surface area contributed by atoms with E-state index in [1.54, 1.807) is 26.2 Å². The van der Waals surface area contributed by atoms with Gasteiger partial charge in [-0.05, 0) is 43.2 Å². The molecule has 33 heavy (non-hydrogen) atoms. The minimum Gasteiger partial charge on any atom is -0.493 e. The minimum atomic E-state index is -0.290. The van der Waals surface area contributed by atoms with Crippen LogP contribution in [0.5, 0.6) is 11.5 Å². The number of nitrogens with one attached hydrogen (secondary N) is 1. The van der Waals surface area contributed by atoms with Crippen molar-refractivity contribution >= 4 is 23.3 Å². The average molecular weight is 453 g/mol. The summed E-state index contributed by atoms with van der Waals surface area (Å²) in [6.07, 6.45) is 0.594. The number of hydrazone groups is 1. The molecule has 1 N–H and O–H groups in total. The maximum absolute atomic E-state index is 12.6. The zero-order valence-corrected chi connectivity index (χ0v) is 19.3. The molecule has 2 heterocycles. The van der Waals surface area contributed by atoms with E-state index in [0.29, 0.717) is 36.8 Å². The summed E-state index contributed by atoms with van der Waals surface area (Å²) in [6, 6.07) is 11.0. The van der Waals surface area contributed by atoms with Gasteiger partial charge in [0.05, 0.1) is 32.6 Å². The number of carbonyl (C=O) groups excluding carboxylic acids is 2. The number of ether oxygens (including phenoxy) is 3. The van der Waals surface area contributed by atoms with Crippen molar-refractivity contribution in [1.29, 1.82) is 0 Å². The van der Waals surface area contributed by atoms with E-state index in [2.05, 4.69) is 5.32 Å². The lowest BCUT2D eigenvalue weighted by atomic mass is 9.94. The Morgan fingerprint density at radius 1 is 1.15 bits per heavy atom. The maximum atomic E-state index is 12.6. The van der Waals surface area contributed by atoms with Crippen LogP contribution in [0, 0.1) is 0 Å². The van der Waals surface area contributed by atoms with Crippen LogP contribution in [0.2, 0.25) is 0 Å². The van der Waals surface area contributed by atoms with E-state index in [0.717, 1.165) is 22.4 Å². The molecule has 9 heteroatoms. The van der Waals surface area contributed by atoms with E-state index in [-0.39, 0.29) is 24.6 Å². The summed E-state index contributed by atoms with van der Waals surface area (Å²) in [6.45, 7) is 3.06. The Kier molecular flexibility index (Phi) is 6.50. The fourth-order valence-electron chi connectivity index (χ4n) is 4.14. The Balaban J connectivity index is 1.81. The molecule has 2 aliphatic rings. The Hall–Kier alpha value is -3.59. The lowest BCUT2D eigenvalue weighted by Crippen LogP contribution is -2.41. The lowest BCUT2D eigenvalue weighted by Gasteiger charge is -2.27. The first-order valence-electron chi connectivity index (χ1n) is 10.8. The zero-order valence-electron chi connectivity index (χ0n) is 19.3. The molecule has 4 rings (SSSR count). The molecular weight excluding hydrogens is 424 g/mol. The van der Waals surface area contributed by atoms with Gasteiger partial charge in [-0.15, -0.1) is 0 Å². The van der Waals surface area contributed by atoms with Crippen molar-refractivity contribution in [3.8, 4) is 11.5 Å². The van der Waals surface area contributed by atoms with Crippen LogP contribution in [0.15, 0.2) is 41.5 Å². The molecule has 0 spiro atoms. The fourth-order valence-corrected chi connectivity index (χ4v) is 4.14. The first kappa shape index (κ1) is 22.6. The van der Waals surface area contributed by atoms with Crippen molar-refractivity contribution in [2.45, 2.75) is 19.4 Å². The smallest absolute Gasteiger partial charge is 0.337 e. The van der Waals surface area contributed by atoms with Crippen molar-refractivity contribution < 1.29 is 23.8 Å². The predicted octanol–water partition coefficient (Wildman–Crippen LogP) is 2.41. The van der Waals surface area contributed by atoms with Crippen molar-refractivity contribution in [1.82, 2.24) is 10.3 Å². The second kappa shape index (κ2) is 9.50. The molecule has 0 unspecified atom stereocenters. The molecule has 0 aromatic heterocycles. The van der Waals surface area contributed by atoms with E-state index < -0.39 is 0 Å². The van der Waals surface area contributed by atoms with Crippen LogP contribution in [0.3, 0.4) is 0 Å².